The zero-order valence-electron chi connectivity index (χ0n) is 10.5. The minimum Gasteiger partial charge on any atom is -0.467 e. The number of carbonyl (C=O) groups excluding carboxylic acids is 1. The molecule has 1 aromatic carbocycles. The van der Waals surface area contributed by atoms with Crippen molar-refractivity contribution in [2.75, 3.05) is 12.4 Å². The van der Waals surface area contributed by atoms with Crippen LogP contribution in [0.25, 0.3) is 0 Å². The minimum absolute atomic E-state index is 0.162. The van der Waals surface area contributed by atoms with Gasteiger partial charge in [0.05, 0.1) is 7.11 Å². The molecule has 0 radical (unpaired) electrons. The second kappa shape index (κ2) is 6.23. The standard InChI is InChI=1S/C14H18BrNO2/c1-18-14(17)13(10-4-2-3-5-10)16-12-8-6-11(15)7-9-12/h6-10,13,16H,2-5H2,1H3. The van der Waals surface area contributed by atoms with Crippen molar-refractivity contribution in [2.24, 2.45) is 5.92 Å². The molecule has 3 nitrogen and oxygen atoms in total. The van der Waals surface area contributed by atoms with Gasteiger partial charge in [0, 0.05) is 10.2 Å². The van der Waals surface area contributed by atoms with Crippen LogP contribution in [-0.4, -0.2) is 19.1 Å². The molecule has 0 amide bonds. The van der Waals surface area contributed by atoms with Crippen LogP contribution in [0.4, 0.5) is 5.69 Å². The molecule has 1 aromatic rings. The number of carbonyl (C=O) groups is 1. The lowest BCUT2D eigenvalue weighted by Crippen LogP contribution is -2.36. The number of hydrogen-bond acceptors (Lipinski definition) is 3. The lowest BCUT2D eigenvalue weighted by molar-refractivity contribution is -0.142. The Morgan fingerprint density at radius 1 is 1.33 bits per heavy atom. The average molecular weight is 312 g/mol. The first kappa shape index (κ1) is 13.4. The molecule has 98 valence electrons. The highest BCUT2D eigenvalue weighted by molar-refractivity contribution is 9.10. The summed E-state index contributed by atoms with van der Waals surface area (Å²) in [5, 5.41) is 3.30. The van der Waals surface area contributed by atoms with E-state index in [9.17, 15) is 4.79 Å². The molecule has 0 bridgehead atoms. The maximum atomic E-state index is 11.9. The average Bonchev–Trinajstić information content (AvgIpc) is 2.91. The smallest absolute Gasteiger partial charge is 0.328 e. The molecule has 1 atom stereocenters. The van der Waals surface area contributed by atoms with Crippen molar-refractivity contribution < 1.29 is 9.53 Å². The highest BCUT2D eigenvalue weighted by Gasteiger charge is 2.31. The zero-order valence-corrected chi connectivity index (χ0v) is 12.1. The molecule has 1 unspecified atom stereocenters. The van der Waals surface area contributed by atoms with E-state index in [2.05, 4.69) is 21.2 Å². The van der Waals surface area contributed by atoms with Crippen LogP contribution in [0.5, 0.6) is 0 Å². The van der Waals surface area contributed by atoms with Crippen LogP contribution in [0.1, 0.15) is 25.7 Å². The van der Waals surface area contributed by atoms with Crippen LogP contribution in [0.3, 0.4) is 0 Å². The Balaban J connectivity index is 2.09. The van der Waals surface area contributed by atoms with E-state index < -0.39 is 0 Å². The number of methoxy groups -OCH3 is 1. The van der Waals surface area contributed by atoms with Crippen LogP contribution < -0.4 is 5.32 Å². The van der Waals surface area contributed by atoms with Crippen LogP contribution in [0.15, 0.2) is 28.7 Å². The van der Waals surface area contributed by atoms with Gasteiger partial charge < -0.3 is 10.1 Å². The molecule has 1 aliphatic carbocycles. The number of rotatable bonds is 4. The topological polar surface area (TPSA) is 38.3 Å². The summed E-state index contributed by atoms with van der Waals surface area (Å²) in [4.78, 5) is 11.9. The van der Waals surface area contributed by atoms with Crippen LogP contribution >= 0.6 is 15.9 Å². The maximum absolute atomic E-state index is 11.9. The predicted octanol–water partition coefficient (Wildman–Crippen LogP) is 3.59. The van der Waals surface area contributed by atoms with Gasteiger partial charge in [-0.25, -0.2) is 4.79 Å². The van der Waals surface area contributed by atoms with E-state index in [0.717, 1.165) is 23.0 Å². The third kappa shape index (κ3) is 3.25. The monoisotopic (exact) mass is 311 g/mol. The lowest BCUT2D eigenvalue weighted by Gasteiger charge is -2.23. The first-order valence-corrected chi connectivity index (χ1v) is 7.10. The normalized spacial score (nSPS) is 17.4. The minimum atomic E-state index is -0.223. The largest absolute Gasteiger partial charge is 0.467 e. The Morgan fingerprint density at radius 3 is 2.50 bits per heavy atom. The van der Waals surface area contributed by atoms with Gasteiger partial charge in [-0.15, -0.1) is 0 Å². The van der Waals surface area contributed by atoms with Crippen molar-refractivity contribution in [2.45, 2.75) is 31.7 Å². The SMILES string of the molecule is COC(=O)C(Nc1ccc(Br)cc1)C1CCCC1. The summed E-state index contributed by atoms with van der Waals surface area (Å²) >= 11 is 3.40. The van der Waals surface area contributed by atoms with Crippen LogP contribution in [-0.2, 0) is 9.53 Å². The van der Waals surface area contributed by atoms with Gasteiger partial charge in [-0.05, 0) is 43.0 Å². The Morgan fingerprint density at radius 2 is 1.94 bits per heavy atom. The molecule has 1 aliphatic rings. The van der Waals surface area contributed by atoms with E-state index in [0.29, 0.717) is 5.92 Å². The number of benzene rings is 1. The number of halogens is 1. The Bertz CT molecular complexity index is 399. The molecule has 0 spiro atoms. The first-order chi connectivity index (χ1) is 8.70. The van der Waals surface area contributed by atoms with E-state index in [1.165, 1.54) is 20.0 Å². The second-order valence-corrected chi connectivity index (χ2v) is 5.61. The van der Waals surface area contributed by atoms with Crippen molar-refractivity contribution in [3.8, 4) is 0 Å². The van der Waals surface area contributed by atoms with Gasteiger partial charge in [0.25, 0.3) is 0 Å². The first-order valence-electron chi connectivity index (χ1n) is 6.30. The summed E-state index contributed by atoms with van der Waals surface area (Å²) in [5.41, 5.74) is 0.959. The van der Waals surface area contributed by atoms with Crippen LogP contribution in [0, 0.1) is 5.92 Å². The summed E-state index contributed by atoms with van der Waals surface area (Å²) < 4.78 is 5.94. The number of esters is 1. The Hall–Kier alpha value is -1.03. The van der Waals surface area contributed by atoms with E-state index in [4.69, 9.17) is 4.74 Å². The van der Waals surface area contributed by atoms with Gasteiger partial charge in [0.1, 0.15) is 6.04 Å². The van der Waals surface area contributed by atoms with E-state index in [-0.39, 0.29) is 12.0 Å². The molecule has 0 saturated heterocycles. The van der Waals surface area contributed by atoms with E-state index in [1.54, 1.807) is 0 Å². The van der Waals surface area contributed by atoms with Gasteiger partial charge in [0.2, 0.25) is 0 Å². The van der Waals surface area contributed by atoms with Gasteiger partial charge in [-0.3, -0.25) is 0 Å². The molecule has 1 fully saturated rings. The highest BCUT2D eigenvalue weighted by atomic mass is 79.9. The van der Waals surface area contributed by atoms with Crippen molar-refractivity contribution >= 4 is 27.6 Å². The van der Waals surface area contributed by atoms with Gasteiger partial charge in [-0.1, -0.05) is 28.8 Å². The number of ether oxygens (including phenoxy) is 1. The zero-order chi connectivity index (χ0) is 13.0. The molecule has 0 aromatic heterocycles. The van der Waals surface area contributed by atoms with Crippen molar-refractivity contribution in [3.05, 3.63) is 28.7 Å². The number of nitrogens with one attached hydrogen (secondary N) is 1. The summed E-state index contributed by atoms with van der Waals surface area (Å²) in [7, 11) is 1.45. The summed E-state index contributed by atoms with van der Waals surface area (Å²) in [6.07, 6.45) is 4.62. The van der Waals surface area contributed by atoms with E-state index >= 15 is 0 Å². The molecule has 0 heterocycles. The highest BCUT2D eigenvalue weighted by Crippen LogP contribution is 2.30. The fourth-order valence-corrected chi connectivity index (χ4v) is 2.78. The summed E-state index contributed by atoms with van der Waals surface area (Å²) in [6, 6.07) is 7.64. The van der Waals surface area contributed by atoms with Gasteiger partial charge in [-0.2, -0.15) is 0 Å². The van der Waals surface area contributed by atoms with Crippen molar-refractivity contribution in [1.29, 1.82) is 0 Å². The molecule has 4 heteroatoms. The molecule has 0 aliphatic heterocycles. The molecule has 1 saturated carbocycles. The molecule has 18 heavy (non-hydrogen) atoms. The molecular formula is C14H18BrNO2. The fraction of sp³-hybridized carbons (Fsp3) is 0.500. The van der Waals surface area contributed by atoms with Crippen molar-refractivity contribution in [3.63, 3.8) is 0 Å². The second-order valence-electron chi connectivity index (χ2n) is 4.70. The number of anilines is 1. The quantitative estimate of drug-likeness (QED) is 0.864. The van der Waals surface area contributed by atoms with Crippen LogP contribution in [0.2, 0.25) is 0 Å². The molecular weight excluding hydrogens is 294 g/mol. The molecule has 1 N–H and O–H groups in total. The predicted molar refractivity (Wildman–Crippen MR) is 75.5 cm³/mol. The maximum Gasteiger partial charge on any atom is 0.328 e. The Kier molecular flexibility index (Phi) is 4.64. The summed E-state index contributed by atoms with van der Waals surface area (Å²) in [6.45, 7) is 0. The molecule has 2 rings (SSSR count). The third-order valence-corrected chi connectivity index (χ3v) is 4.02. The van der Waals surface area contributed by atoms with E-state index in [1.807, 2.05) is 24.3 Å². The number of hydrogen-bond donors (Lipinski definition) is 1. The van der Waals surface area contributed by atoms with Crippen molar-refractivity contribution in [1.82, 2.24) is 0 Å². The third-order valence-electron chi connectivity index (χ3n) is 3.49. The Labute approximate surface area is 116 Å². The summed E-state index contributed by atoms with van der Waals surface area (Å²) in [5.74, 6) is 0.228. The fourth-order valence-electron chi connectivity index (χ4n) is 2.51. The lowest BCUT2D eigenvalue weighted by atomic mass is 9.98. The van der Waals surface area contributed by atoms with Gasteiger partial charge >= 0.3 is 5.97 Å². The van der Waals surface area contributed by atoms with Gasteiger partial charge in [0.15, 0.2) is 0 Å².